The monoisotopic (exact) mass is 418 g/mol. The highest BCUT2D eigenvalue weighted by molar-refractivity contribution is 7.13. The summed E-state index contributed by atoms with van der Waals surface area (Å²) in [7, 11) is 0. The van der Waals surface area contributed by atoms with E-state index in [9.17, 15) is 4.79 Å². The van der Waals surface area contributed by atoms with Crippen LogP contribution in [-0.2, 0) is 0 Å². The van der Waals surface area contributed by atoms with Crippen molar-refractivity contribution in [3.05, 3.63) is 64.9 Å². The summed E-state index contributed by atoms with van der Waals surface area (Å²) in [6, 6.07) is 12.0. The molecule has 152 valence electrons. The molecule has 1 amide bonds. The maximum absolute atomic E-state index is 12.6. The third-order valence-corrected chi connectivity index (χ3v) is 6.37. The van der Waals surface area contributed by atoms with Crippen LogP contribution in [0.5, 0.6) is 0 Å². The summed E-state index contributed by atoms with van der Waals surface area (Å²) >= 11 is 1.40. The van der Waals surface area contributed by atoms with Gasteiger partial charge in [-0.25, -0.2) is 4.98 Å². The molecular weight excluding hydrogens is 396 g/mol. The minimum absolute atomic E-state index is 0.165. The lowest BCUT2D eigenvalue weighted by Crippen LogP contribution is -2.26. The van der Waals surface area contributed by atoms with Gasteiger partial charge < -0.3 is 9.84 Å². The molecule has 1 aliphatic rings. The topological polar surface area (TPSA) is 80.0 Å². The largest absolute Gasteiger partial charge is 0.360 e. The number of aryl methyl sites for hydroxylation is 1. The van der Waals surface area contributed by atoms with Crippen molar-refractivity contribution in [1.82, 2.24) is 15.5 Å². The van der Waals surface area contributed by atoms with Crippen molar-refractivity contribution < 1.29 is 9.32 Å². The quantitative estimate of drug-likeness (QED) is 0.489. The fourth-order valence-corrected chi connectivity index (χ4v) is 4.56. The fraction of sp³-hybridized carbons (Fsp3) is 0.261. The zero-order valence-corrected chi connectivity index (χ0v) is 17.5. The number of thiazole rings is 1. The molecule has 2 aromatic carbocycles. The molecule has 0 unspecified atom stereocenters. The van der Waals surface area contributed by atoms with E-state index in [1.165, 1.54) is 11.3 Å². The van der Waals surface area contributed by atoms with Gasteiger partial charge in [-0.1, -0.05) is 17.3 Å². The van der Waals surface area contributed by atoms with Gasteiger partial charge in [0.25, 0.3) is 5.91 Å². The molecule has 0 saturated carbocycles. The minimum Gasteiger partial charge on any atom is -0.360 e. The molecule has 7 heteroatoms. The van der Waals surface area contributed by atoms with Crippen molar-refractivity contribution >= 4 is 33.3 Å². The van der Waals surface area contributed by atoms with Gasteiger partial charge in [-0.3, -0.25) is 10.1 Å². The van der Waals surface area contributed by atoms with Crippen LogP contribution in [0.15, 0.2) is 52.5 Å². The van der Waals surface area contributed by atoms with Gasteiger partial charge in [0.15, 0.2) is 5.13 Å². The summed E-state index contributed by atoms with van der Waals surface area (Å²) in [5.41, 5.74) is 4.59. The van der Waals surface area contributed by atoms with Crippen molar-refractivity contribution in [2.75, 3.05) is 18.4 Å². The predicted molar refractivity (Wildman–Crippen MR) is 119 cm³/mol. The first-order chi connectivity index (χ1) is 14.7. The number of benzene rings is 2. The molecule has 3 heterocycles. The molecule has 0 spiro atoms. The highest BCUT2D eigenvalue weighted by Gasteiger charge is 2.22. The van der Waals surface area contributed by atoms with Gasteiger partial charge in [-0.2, -0.15) is 0 Å². The Kier molecular flexibility index (Phi) is 5.06. The number of rotatable bonds is 4. The number of amides is 1. The van der Waals surface area contributed by atoms with Crippen LogP contribution in [0.2, 0.25) is 0 Å². The minimum atomic E-state index is -0.165. The molecule has 0 radical (unpaired) electrons. The number of hydrogen-bond donors (Lipinski definition) is 2. The van der Waals surface area contributed by atoms with Crippen molar-refractivity contribution in [3.8, 4) is 11.1 Å². The van der Waals surface area contributed by atoms with Crippen LogP contribution < -0.4 is 10.6 Å². The first kappa shape index (κ1) is 19.0. The molecule has 2 aromatic heterocycles. The van der Waals surface area contributed by atoms with Gasteiger partial charge >= 0.3 is 0 Å². The van der Waals surface area contributed by atoms with Gasteiger partial charge in [0.05, 0.1) is 0 Å². The number of fused-ring (bicyclic) bond motifs is 1. The number of carbonyl (C=O) groups excluding carboxylic acids is 1. The van der Waals surface area contributed by atoms with E-state index < -0.39 is 0 Å². The normalized spacial score (nSPS) is 14.8. The number of hydrogen-bond acceptors (Lipinski definition) is 6. The Balaban J connectivity index is 1.46. The second kappa shape index (κ2) is 8.01. The van der Waals surface area contributed by atoms with E-state index in [0.717, 1.165) is 59.3 Å². The number of nitrogens with one attached hydrogen (secondary N) is 2. The van der Waals surface area contributed by atoms with Crippen molar-refractivity contribution in [2.24, 2.45) is 0 Å². The lowest BCUT2D eigenvalue weighted by molar-refractivity contribution is 0.102. The lowest BCUT2D eigenvalue weighted by atomic mass is 9.92. The summed E-state index contributed by atoms with van der Waals surface area (Å²) in [5, 5.41) is 14.1. The van der Waals surface area contributed by atoms with Crippen LogP contribution in [0.1, 0.15) is 40.4 Å². The number of carbonyl (C=O) groups is 1. The van der Waals surface area contributed by atoms with Crippen LogP contribution >= 0.6 is 11.3 Å². The second-order valence-corrected chi connectivity index (χ2v) is 8.52. The Labute approximate surface area is 178 Å². The number of nitrogens with zero attached hydrogens (tertiary/aromatic N) is 2. The van der Waals surface area contributed by atoms with E-state index in [2.05, 4.69) is 32.9 Å². The highest BCUT2D eigenvalue weighted by Crippen LogP contribution is 2.34. The summed E-state index contributed by atoms with van der Waals surface area (Å²) < 4.78 is 5.75. The summed E-state index contributed by atoms with van der Waals surface area (Å²) in [4.78, 5) is 16.7. The SMILES string of the molecule is Cc1ccc(C(=O)Nc2nccs2)cc1-c1ccc2c(C3CCNCC3)onc2c1. The Morgan fingerprint density at radius 2 is 2.07 bits per heavy atom. The Bertz CT molecular complexity index is 1190. The standard InChI is InChI=1S/C23H22N4O2S/c1-14-2-3-17(22(28)26-23-25-10-11-30-23)12-19(14)16-4-5-18-20(13-16)27-29-21(18)15-6-8-24-9-7-15/h2-5,10-13,15,24H,6-9H2,1H3,(H,25,26,28). The molecule has 30 heavy (non-hydrogen) atoms. The van der Waals surface area contributed by atoms with Crippen molar-refractivity contribution in [3.63, 3.8) is 0 Å². The average molecular weight is 419 g/mol. The predicted octanol–water partition coefficient (Wildman–Crippen LogP) is 4.98. The van der Waals surface area contributed by atoms with E-state index in [4.69, 9.17) is 4.52 Å². The second-order valence-electron chi connectivity index (χ2n) is 7.62. The highest BCUT2D eigenvalue weighted by atomic mass is 32.1. The van der Waals surface area contributed by atoms with Gasteiger partial charge in [0.2, 0.25) is 0 Å². The van der Waals surface area contributed by atoms with Crippen molar-refractivity contribution in [2.45, 2.75) is 25.7 Å². The molecule has 2 N–H and O–H groups in total. The Morgan fingerprint density at radius 1 is 1.20 bits per heavy atom. The van der Waals surface area contributed by atoms with E-state index >= 15 is 0 Å². The number of piperidine rings is 1. The molecular formula is C23H22N4O2S. The fourth-order valence-electron chi connectivity index (χ4n) is 4.04. The molecule has 4 aromatic rings. The third kappa shape index (κ3) is 3.62. The van der Waals surface area contributed by atoms with E-state index in [0.29, 0.717) is 16.6 Å². The molecule has 1 aliphatic heterocycles. The van der Waals surface area contributed by atoms with E-state index in [1.807, 2.05) is 36.6 Å². The van der Waals surface area contributed by atoms with Crippen LogP contribution in [-0.4, -0.2) is 29.1 Å². The summed E-state index contributed by atoms with van der Waals surface area (Å²) in [6.07, 6.45) is 3.81. The van der Waals surface area contributed by atoms with Gasteiger partial charge in [-0.05, 0) is 73.8 Å². The van der Waals surface area contributed by atoms with Crippen LogP contribution in [0, 0.1) is 6.92 Å². The van der Waals surface area contributed by atoms with Gasteiger partial charge in [-0.15, -0.1) is 11.3 Å². The van der Waals surface area contributed by atoms with Gasteiger partial charge in [0.1, 0.15) is 11.3 Å². The van der Waals surface area contributed by atoms with E-state index in [1.54, 1.807) is 6.20 Å². The van der Waals surface area contributed by atoms with Gasteiger partial charge in [0, 0.05) is 28.4 Å². The zero-order valence-electron chi connectivity index (χ0n) is 16.6. The lowest BCUT2D eigenvalue weighted by Gasteiger charge is -2.20. The molecule has 5 rings (SSSR count). The maximum Gasteiger partial charge on any atom is 0.257 e. The maximum atomic E-state index is 12.6. The Morgan fingerprint density at radius 3 is 2.87 bits per heavy atom. The average Bonchev–Trinajstić information content (AvgIpc) is 3.44. The van der Waals surface area contributed by atoms with E-state index in [-0.39, 0.29) is 5.91 Å². The van der Waals surface area contributed by atoms with Crippen LogP contribution in [0.3, 0.4) is 0 Å². The number of anilines is 1. The molecule has 0 atom stereocenters. The summed E-state index contributed by atoms with van der Waals surface area (Å²) in [5.74, 6) is 1.25. The molecule has 1 saturated heterocycles. The smallest absolute Gasteiger partial charge is 0.257 e. The first-order valence-electron chi connectivity index (χ1n) is 10.1. The summed E-state index contributed by atoms with van der Waals surface area (Å²) in [6.45, 7) is 4.07. The first-order valence-corrected chi connectivity index (χ1v) is 11.0. The zero-order chi connectivity index (χ0) is 20.5. The number of aromatic nitrogens is 2. The molecule has 1 fully saturated rings. The molecule has 6 nitrogen and oxygen atoms in total. The van der Waals surface area contributed by atoms with Crippen molar-refractivity contribution in [1.29, 1.82) is 0 Å². The van der Waals surface area contributed by atoms with Crippen LogP contribution in [0.4, 0.5) is 5.13 Å². The molecule has 0 bridgehead atoms. The molecule has 0 aliphatic carbocycles. The Hall–Kier alpha value is -3.03. The van der Waals surface area contributed by atoms with Crippen LogP contribution in [0.25, 0.3) is 22.0 Å². The third-order valence-electron chi connectivity index (χ3n) is 5.68.